The molecule has 3 heterocycles. The largest absolute Gasteiger partial charge is 0.344 e. The average Bonchev–Trinajstić information content (AvgIpc) is 3.46. The summed E-state index contributed by atoms with van der Waals surface area (Å²) in [6.07, 6.45) is 3.12. The molecule has 13 heteroatoms. The van der Waals surface area contributed by atoms with Crippen molar-refractivity contribution in [1.29, 1.82) is 0 Å². The standard InChI is InChI=1S/C36H41Cl2N7O4/c1-4-23(2)32-34(47)40-30(21-25-11-6-5-7-12-25)33-39-24(3)42-45(33)20-19-43(17-10-16-31(46)41-32)35(48)26-13-9-18-44(36(26)49)22-27-28(37)14-8-15-29(27)38/h5-9,11-15,18,23,30,32H,4,10,16-17,19-22H2,1-3H3,(H,40,47)(H,41,46)/t23-,30-,32-/m0/s1. The molecule has 0 unspecified atom stereocenters. The summed E-state index contributed by atoms with van der Waals surface area (Å²) < 4.78 is 3.12. The molecule has 1 aliphatic rings. The smallest absolute Gasteiger partial charge is 0.263 e. The number of pyridine rings is 1. The summed E-state index contributed by atoms with van der Waals surface area (Å²) in [5, 5.41) is 11.6. The van der Waals surface area contributed by atoms with E-state index in [-0.39, 0.29) is 55.9 Å². The summed E-state index contributed by atoms with van der Waals surface area (Å²) in [5.41, 5.74) is 1.06. The van der Waals surface area contributed by atoms with Gasteiger partial charge in [0, 0.05) is 41.3 Å². The molecule has 49 heavy (non-hydrogen) atoms. The number of halogens is 2. The van der Waals surface area contributed by atoms with Crippen molar-refractivity contribution in [2.75, 3.05) is 13.1 Å². The minimum Gasteiger partial charge on any atom is -0.344 e. The van der Waals surface area contributed by atoms with Gasteiger partial charge in [-0.1, -0.05) is 79.9 Å². The van der Waals surface area contributed by atoms with Crippen molar-refractivity contribution in [3.8, 4) is 0 Å². The molecule has 0 fully saturated rings. The first-order valence-corrected chi connectivity index (χ1v) is 17.3. The zero-order valence-electron chi connectivity index (χ0n) is 27.9. The lowest BCUT2D eigenvalue weighted by Gasteiger charge is -2.28. The van der Waals surface area contributed by atoms with Crippen molar-refractivity contribution in [3.63, 3.8) is 0 Å². The van der Waals surface area contributed by atoms with E-state index in [1.807, 2.05) is 44.2 Å². The van der Waals surface area contributed by atoms with Gasteiger partial charge in [0.25, 0.3) is 11.5 Å². The number of amides is 3. The monoisotopic (exact) mass is 705 g/mol. The minimum atomic E-state index is -0.761. The number of rotatable bonds is 7. The lowest BCUT2D eigenvalue weighted by atomic mass is 9.97. The first-order valence-electron chi connectivity index (χ1n) is 16.5. The van der Waals surface area contributed by atoms with Crippen LogP contribution in [0.3, 0.4) is 0 Å². The van der Waals surface area contributed by atoms with Gasteiger partial charge < -0.3 is 20.1 Å². The second kappa shape index (κ2) is 16.3. The van der Waals surface area contributed by atoms with Crippen LogP contribution >= 0.6 is 23.2 Å². The number of hydrogen-bond donors (Lipinski definition) is 2. The number of nitrogens with zero attached hydrogens (tertiary/aromatic N) is 5. The Bertz CT molecular complexity index is 1840. The molecule has 258 valence electrons. The first-order chi connectivity index (χ1) is 23.5. The van der Waals surface area contributed by atoms with Crippen LogP contribution < -0.4 is 16.2 Å². The molecule has 0 radical (unpaired) electrons. The van der Waals surface area contributed by atoms with Crippen LogP contribution in [0.25, 0.3) is 0 Å². The third-order valence-corrected chi connectivity index (χ3v) is 9.58. The lowest BCUT2D eigenvalue weighted by molar-refractivity contribution is -0.130. The normalized spacial score (nSPS) is 18.2. The fraction of sp³-hybridized carbons (Fsp3) is 0.389. The van der Waals surface area contributed by atoms with Gasteiger partial charge in [-0.3, -0.25) is 19.2 Å². The lowest BCUT2D eigenvalue weighted by Crippen LogP contribution is -2.51. The van der Waals surface area contributed by atoms with Crippen LogP contribution in [0.2, 0.25) is 10.0 Å². The number of aryl methyl sites for hydroxylation is 1. The maximum atomic E-state index is 14.1. The van der Waals surface area contributed by atoms with Crippen molar-refractivity contribution in [3.05, 3.63) is 116 Å². The molecule has 5 rings (SSSR count). The van der Waals surface area contributed by atoms with E-state index in [9.17, 15) is 19.2 Å². The number of fused-ring (bicyclic) bond motifs is 1. The molecule has 0 spiro atoms. The Balaban J connectivity index is 1.48. The van der Waals surface area contributed by atoms with E-state index >= 15 is 0 Å². The van der Waals surface area contributed by atoms with Crippen molar-refractivity contribution < 1.29 is 14.4 Å². The predicted molar refractivity (Wildman–Crippen MR) is 189 cm³/mol. The summed E-state index contributed by atoms with van der Waals surface area (Å²) >= 11 is 12.7. The Labute approximate surface area is 295 Å². The molecular formula is C36H41Cl2N7O4. The first kappa shape index (κ1) is 35.8. The molecule has 2 aromatic heterocycles. The number of nitrogens with one attached hydrogen (secondary N) is 2. The Kier molecular flexibility index (Phi) is 11.9. The van der Waals surface area contributed by atoms with Crippen LogP contribution in [0.5, 0.6) is 0 Å². The quantitative estimate of drug-likeness (QED) is 0.279. The molecule has 2 aromatic carbocycles. The topological polar surface area (TPSA) is 131 Å². The molecule has 1 aliphatic heterocycles. The molecular weight excluding hydrogens is 665 g/mol. The van der Waals surface area contributed by atoms with E-state index < -0.39 is 23.6 Å². The summed E-state index contributed by atoms with van der Waals surface area (Å²) in [5.74, 6) is -0.132. The van der Waals surface area contributed by atoms with E-state index in [2.05, 4.69) is 15.7 Å². The highest BCUT2D eigenvalue weighted by molar-refractivity contribution is 6.36. The molecule has 0 bridgehead atoms. The molecule has 3 amide bonds. The molecule has 0 saturated heterocycles. The van der Waals surface area contributed by atoms with Crippen LogP contribution in [0, 0.1) is 12.8 Å². The van der Waals surface area contributed by atoms with Crippen molar-refractivity contribution in [2.45, 2.75) is 71.6 Å². The molecule has 4 aromatic rings. The van der Waals surface area contributed by atoms with Crippen LogP contribution in [-0.4, -0.2) is 61.1 Å². The molecule has 0 aliphatic carbocycles. The number of benzene rings is 2. The second-order valence-corrected chi connectivity index (χ2v) is 13.2. The Morgan fingerprint density at radius 3 is 2.41 bits per heavy atom. The SMILES string of the molecule is CC[C@H](C)[C@@H]1NC(=O)CCCN(C(=O)c2cccn(Cc3c(Cl)cccc3Cl)c2=O)CCn2nc(C)nc2[C@H](Cc2ccccc2)NC1=O. The van der Waals surface area contributed by atoms with Crippen molar-refractivity contribution >= 4 is 40.9 Å². The van der Waals surface area contributed by atoms with Gasteiger partial charge in [0.1, 0.15) is 23.3 Å². The van der Waals surface area contributed by atoms with Crippen molar-refractivity contribution in [2.24, 2.45) is 5.92 Å². The molecule has 0 saturated carbocycles. The Morgan fingerprint density at radius 1 is 0.959 bits per heavy atom. The van der Waals surface area contributed by atoms with E-state index in [1.54, 1.807) is 47.0 Å². The van der Waals surface area contributed by atoms with Crippen LogP contribution in [0.4, 0.5) is 0 Å². The van der Waals surface area contributed by atoms with E-state index in [0.717, 1.165) is 5.56 Å². The van der Waals surface area contributed by atoms with Crippen LogP contribution in [0.1, 0.15) is 72.3 Å². The van der Waals surface area contributed by atoms with Gasteiger partial charge >= 0.3 is 0 Å². The Hall–Kier alpha value is -4.48. The van der Waals surface area contributed by atoms with Gasteiger partial charge in [-0.05, 0) is 55.5 Å². The maximum Gasteiger partial charge on any atom is 0.263 e. The van der Waals surface area contributed by atoms with E-state index in [1.165, 1.54) is 10.6 Å². The highest BCUT2D eigenvalue weighted by Crippen LogP contribution is 2.25. The van der Waals surface area contributed by atoms with E-state index in [0.29, 0.717) is 46.5 Å². The third kappa shape index (κ3) is 8.76. The van der Waals surface area contributed by atoms with E-state index in [4.69, 9.17) is 28.2 Å². The fourth-order valence-electron chi connectivity index (χ4n) is 5.97. The number of hydrogen-bond acceptors (Lipinski definition) is 6. The number of carbonyl (C=O) groups excluding carboxylic acids is 3. The molecule has 2 N–H and O–H groups in total. The summed E-state index contributed by atoms with van der Waals surface area (Å²) in [6.45, 7) is 6.40. The van der Waals surface area contributed by atoms with Crippen molar-refractivity contribution in [1.82, 2.24) is 34.9 Å². The maximum absolute atomic E-state index is 14.1. The number of aromatic nitrogens is 4. The van der Waals surface area contributed by atoms with Crippen LogP contribution in [-0.2, 0) is 29.1 Å². The average molecular weight is 707 g/mol. The van der Waals surface area contributed by atoms with Gasteiger partial charge in [-0.25, -0.2) is 9.67 Å². The third-order valence-electron chi connectivity index (χ3n) is 8.87. The van der Waals surface area contributed by atoms with Gasteiger partial charge in [0.15, 0.2) is 0 Å². The fourth-order valence-corrected chi connectivity index (χ4v) is 6.49. The predicted octanol–water partition coefficient (Wildman–Crippen LogP) is 4.97. The highest BCUT2D eigenvalue weighted by Gasteiger charge is 2.31. The van der Waals surface area contributed by atoms with Crippen LogP contribution in [0.15, 0.2) is 71.7 Å². The zero-order valence-corrected chi connectivity index (χ0v) is 29.4. The van der Waals surface area contributed by atoms with Gasteiger partial charge in [0.05, 0.1) is 19.1 Å². The summed E-state index contributed by atoms with van der Waals surface area (Å²) in [6, 6.07) is 16.7. The Morgan fingerprint density at radius 2 is 1.69 bits per heavy atom. The zero-order chi connectivity index (χ0) is 35.1. The summed E-state index contributed by atoms with van der Waals surface area (Å²) in [7, 11) is 0. The molecule has 3 atom stereocenters. The number of carbonyl (C=O) groups is 3. The second-order valence-electron chi connectivity index (χ2n) is 12.4. The molecule has 11 nitrogen and oxygen atoms in total. The minimum absolute atomic E-state index is 0.0164. The van der Waals surface area contributed by atoms with Gasteiger partial charge in [0.2, 0.25) is 11.8 Å². The highest BCUT2D eigenvalue weighted by atomic mass is 35.5. The van der Waals surface area contributed by atoms with Gasteiger partial charge in [-0.15, -0.1) is 0 Å². The summed E-state index contributed by atoms with van der Waals surface area (Å²) in [4.78, 5) is 61.0. The van der Waals surface area contributed by atoms with Gasteiger partial charge in [-0.2, -0.15) is 5.10 Å².